The Morgan fingerprint density at radius 3 is 2.33 bits per heavy atom. The number of benzene rings is 1. The standard InChI is InChI=1S/C15H25NOS/c1-5-6-14-7-9-15(10-8-14)13(3)16-12(2)11-18(4)17/h7-10,12-13,16H,5-6,11H2,1-4H3. The van der Waals surface area contributed by atoms with Crippen molar-refractivity contribution in [2.45, 2.75) is 45.7 Å². The van der Waals surface area contributed by atoms with E-state index in [1.54, 1.807) is 6.26 Å². The van der Waals surface area contributed by atoms with Crippen molar-refractivity contribution in [2.24, 2.45) is 0 Å². The van der Waals surface area contributed by atoms with Gasteiger partial charge in [0, 0.05) is 34.9 Å². The number of rotatable bonds is 7. The van der Waals surface area contributed by atoms with E-state index < -0.39 is 10.8 Å². The van der Waals surface area contributed by atoms with Gasteiger partial charge >= 0.3 is 0 Å². The van der Waals surface area contributed by atoms with Crippen LogP contribution in [0.3, 0.4) is 0 Å². The molecule has 0 bridgehead atoms. The lowest BCUT2D eigenvalue weighted by atomic mass is 10.0. The van der Waals surface area contributed by atoms with Crippen LogP contribution in [0, 0.1) is 0 Å². The second kappa shape index (κ2) is 7.70. The topological polar surface area (TPSA) is 29.1 Å². The summed E-state index contributed by atoms with van der Waals surface area (Å²) in [5.41, 5.74) is 2.69. The lowest BCUT2D eigenvalue weighted by Gasteiger charge is -2.19. The average Bonchev–Trinajstić information content (AvgIpc) is 2.29. The fourth-order valence-electron chi connectivity index (χ4n) is 2.18. The molecule has 0 fully saturated rings. The summed E-state index contributed by atoms with van der Waals surface area (Å²) in [6, 6.07) is 9.39. The number of hydrogen-bond acceptors (Lipinski definition) is 2. The van der Waals surface area contributed by atoms with Crippen LogP contribution >= 0.6 is 0 Å². The van der Waals surface area contributed by atoms with E-state index in [2.05, 4.69) is 50.4 Å². The quantitative estimate of drug-likeness (QED) is 0.822. The molecule has 0 aliphatic rings. The highest BCUT2D eigenvalue weighted by molar-refractivity contribution is 7.84. The van der Waals surface area contributed by atoms with E-state index in [0.29, 0.717) is 11.8 Å². The van der Waals surface area contributed by atoms with E-state index >= 15 is 0 Å². The van der Waals surface area contributed by atoms with E-state index in [0.717, 1.165) is 6.42 Å². The van der Waals surface area contributed by atoms with Crippen LogP contribution in [0.25, 0.3) is 0 Å². The molecule has 0 radical (unpaired) electrons. The Morgan fingerprint density at radius 1 is 1.22 bits per heavy atom. The van der Waals surface area contributed by atoms with Gasteiger partial charge in [0.05, 0.1) is 0 Å². The van der Waals surface area contributed by atoms with Gasteiger partial charge in [0.2, 0.25) is 0 Å². The maximum Gasteiger partial charge on any atom is 0.0383 e. The molecule has 0 spiro atoms. The number of nitrogens with one attached hydrogen (secondary N) is 1. The number of hydrogen-bond donors (Lipinski definition) is 1. The maximum absolute atomic E-state index is 11.2. The zero-order chi connectivity index (χ0) is 13.5. The molecule has 0 aliphatic heterocycles. The minimum absolute atomic E-state index is 0.279. The summed E-state index contributed by atoms with van der Waals surface area (Å²) in [6.07, 6.45) is 4.09. The van der Waals surface area contributed by atoms with Gasteiger partial charge < -0.3 is 5.32 Å². The SMILES string of the molecule is CCCc1ccc(C(C)NC(C)CS(C)=O)cc1. The second-order valence-corrected chi connectivity index (χ2v) is 6.50. The van der Waals surface area contributed by atoms with Gasteiger partial charge in [-0.2, -0.15) is 0 Å². The molecule has 0 amide bonds. The largest absolute Gasteiger partial charge is 0.307 e. The van der Waals surface area contributed by atoms with Crippen LogP contribution in [-0.2, 0) is 17.2 Å². The Kier molecular flexibility index (Phi) is 6.58. The fourth-order valence-corrected chi connectivity index (χ4v) is 2.99. The maximum atomic E-state index is 11.2. The van der Waals surface area contributed by atoms with Gasteiger partial charge in [0.25, 0.3) is 0 Å². The second-order valence-electron chi connectivity index (χ2n) is 5.02. The summed E-state index contributed by atoms with van der Waals surface area (Å²) in [5, 5.41) is 3.49. The van der Waals surface area contributed by atoms with Gasteiger partial charge in [-0.3, -0.25) is 4.21 Å². The average molecular weight is 267 g/mol. The third kappa shape index (κ3) is 5.32. The molecule has 0 saturated carbocycles. The molecule has 1 aromatic carbocycles. The van der Waals surface area contributed by atoms with Crippen molar-refractivity contribution in [3.63, 3.8) is 0 Å². The van der Waals surface area contributed by atoms with Crippen molar-refractivity contribution in [3.05, 3.63) is 35.4 Å². The van der Waals surface area contributed by atoms with E-state index in [9.17, 15) is 4.21 Å². The Balaban J connectivity index is 2.55. The molecule has 3 unspecified atom stereocenters. The smallest absolute Gasteiger partial charge is 0.0383 e. The monoisotopic (exact) mass is 267 g/mol. The minimum Gasteiger partial charge on any atom is -0.307 e. The van der Waals surface area contributed by atoms with Crippen LogP contribution in [-0.4, -0.2) is 22.3 Å². The summed E-state index contributed by atoms with van der Waals surface area (Å²) >= 11 is 0. The lowest BCUT2D eigenvalue weighted by molar-refractivity contribution is 0.508. The van der Waals surface area contributed by atoms with Crippen molar-refractivity contribution in [2.75, 3.05) is 12.0 Å². The lowest BCUT2D eigenvalue weighted by Crippen LogP contribution is -2.33. The third-order valence-corrected chi connectivity index (χ3v) is 4.01. The predicted octanol–water partition coefficient (Wildman–Crippen LogP) is 3.06. The summed E-state index contributed by atoms with van der Waals surface area (Å²) in [5.74, 6) is 0.707. The molecule has 2 nitrogen and oxygen atoms in total. The van der Waals surface area contributed by atoms with Gasteiger partial charge in [0.1, 0.15) is 0 Å². The van der Waals surface area contributed by atoms with Crippen LogP contribution in [0.15, 0.2) is 24.3 Å². The van der Waals surface area contributed by atoms with Gasteiger partial charge in [-0.15, -0.1) is 0 Å². The molecule has 102 valence electrons. The molecule has 0 saturated heterocycles. The Morgan fingerprint density at radius 2 is 1.83 bits per heavy atom. The molecule has 3 atom stereocenters. The summed E-state index contributed by atoms with van der Waals surface area (Å²) in [4.78, 5) is 0. The van der Waals surface area contributed by atoms with Gasteiger partial charge in [0.15, 0.2) is 0 Å². The van der Waals surface area contributed by atoms with E-state index in [1.165, 1.54) is 17.5 Å². The highest BCUT2D eigenvalue weighted by Gasteiger charge is 2.10. The molecular formula is C15H25NOS. The van der Waals surface area contributed by atoms with Gasteiger partial charge in [-0.05, 0) is 31.4 Å². The third-order valence-electron chi connectivity index (χ3n) is 3.04. The van der Waals surface area contributed by atoms with Gasteiger partial charge in [-0.1, -0.05) is 37.6 Å². The van der Waals surface area contributed by atoms with Crippen molar-refractivity contribution >= 4 is 10.8 Å². The minimum atomic E-state index is -0.737. The molecular weight excluding hydrogens is 242 g/mol. The highest BCUT2D eigenvalue weighted by atomic mass is 32.2. The first-order valence-corrected chi connectivity index (χ1v) is 8.40. The van der Waals surface area contributed by atoms with E-state index in [1.807, 2.05) is 0 Å². The number of aryl methyl sites for hydroxylation is 1. The van der Waals surface area contributed by atoms with Crippen LogP contribution in [0.4, 0.5) is 0 Å². The summed E-state index contributed by atoms with van der Waals surface area (Å²) < 4.78 is 11.2. The zero-order valence-corrected chi connectivity index (χ0v) is 12.7. The Labute approximate surface area is 114 Å². The van der Waals surface area contributed by atoms with Crippen molar-refractivity contribution in [1.82, 2.24) is 5.32 Å². The summed E-state index contributed by atoms with van der Waals surface area (Å²) in [6.45, 7) is 6.44. The highest BCUT2D eigenvalue weighted by Crippen LogP contribution is 2.15. The first-order chi connectivity index (χ1) is 8.52. The molecule has 1 rings (SSSR count). The van der Waals surface area contributed by atoms with Crippen molar-refractivity contribution in [1.29, 1.82) is 0 Å². The molecule has 18 heavy (non-hydrogen) atoms. The predicted molar refractivity (Wildman–Crippen MR) is 80.4 cm³/mol. The fraction of sp³-hybridized carbons (Fsp3) is 0.600. The van der Waals surface area contributed by atoms with Crippen molar-refractivity contribution in [3.8, 4) is 0 Å². The van der Waals surface area contributed by atoms with Gasteiger partial charge in [-0.25, -0.2) is 0 Å². The van der Waals surface area contributed by atoms with Crippen LogP contribution in [0.1, 0.15) is 44.4 Å². The molecule has 3 heteroatoms. The van der Waals surface area contributed by atoms with Crippen LogP contribution in [0.2, 0.25) is 0 Å². The van der Waals surface area contributed by atoms with Crippen LogP contribution in [0.5, 0.6) is 0 Å². The first-order valence-electron chi connectivity index (χ1n) is 6.67. The van der Waals surface area contributed by atoms with E-state index in [-0.39, 0.29) is 6.04 Å². The van der Waals surface area contributed by atoms with Crippen LogP contribution < -0.4 is 5.32 Å². The molecule has 1 N–H and O–H groups in total. The normalized spacial score (nSPS) is 16.2. The first kappa shape index (κ1) is 15.4. The van der Waals surface area contributed by atoms with Crippen molar-refractivity contribution < 1.29 is 4.21 Å². The zero-order valence-electron chi connectivity index (χ0n) is 11.9. The summed E-state index contributed by atoms with van der Waals surface area (Å²) in [7, 11) is -0.737. The molecule has 1 aromatic rings. The Bertz CT molecular complexity index is 375. The molecule has 0 aromatic heterocycles. The molecule has 0 aliphatic carbocycles. The van der Waals surface area contributed by atoms with E-state index in [4.69, 9.17) is 0 Å². The Hall–Kier alpha value is -0.670. The molecule has 0 heterocycles.